The van der Waals surface area contributed by atoms with E-state index in [1.165, 1.54) is 6.92 Å². The molecule has 0 aromatic heterocycles. The van der Waals surface area contributed by atoms with E-state index in [2.05, 4.69) is 10.6 Å². The molecule has 1 aliphatic heterocycles. The normalized spacial score (nSPS) is 23.0. The molecular weight excluding hydrogens is 374 g/mol. The molecule has 1 aliphatic carbocycles. The Kier molecular flexibility index (Phi) is 5.10. The van der Waals surface area contributed by atoms with Crippen LogP contribution in [0.3, 0.4) is 0 Å². The van der Waals surface area contributed by atoms with Crippen LogP contribution in [0.1, 0.15) is 26.7 Å². The number of carbonyl (C=O) groups is 4. The molecule has 0 radical (unpaired) electrons. The highest BCUT2D eigenvalue weighted by molar-refractivity contribution is 6.30. The van der Waals surface area contributed by atoms with Gasteiger partial charge in [0.25, 0.3) is 11.8 Å². The average molecular weight is 394 g/mol. The van der Waals surface area contributed by atoms with Gasteiger partial charge < -0.3 is 15.4 Å². The summed E-state index contributed by atoms with van der Waals surface area (Å²) in [6, 6.07) is 5.91. The van der Waals surface area contributed by atoms with Crippen molar-refractivity contribution in [1.29, 1.82) is 0 Å². The molecule has 2 fully saturated rings. The van der Waals surface area contributed by atoms with Crippen LogP contribution in [0, 0.1) is 5.92 Å². The van der Waals surface area contributed by atoms with Crippen molar-refractivity contribution in [2.45, 2.75) is 38.3 Å². The van der Waals surface area contributed by atoms with Gasteiger partial charge >= 0.3 is 12.0 Å². The van der Waals surface area contributed by atoms with Gasteiger partial charge in [-0.3, -0.25) is 19.3 Å². The zero-order valence-corrected chi connectivity index (χ0v) is 15.7. The minimum atomic E-state index is -1.10. The number of halogens is 1. The van der Waals surface area contributed by atoms with Crippen molar-refractivity contribution >= 4 is 41.1 Å². The van der Waals surface area contributed by atoms with Gasteiger partial charge in [-0.1, -0.05) is 17.7 Å². The van der Waals surface area contributed by atoms with Crippen LogP contribution in [0.15, 0.2) is 24.3 Å². The van der Waals surface area contributed by atoms with Crippen molar-refractivity contribution in [3.05, 3.63) is 29.3 Å². The lowest BCUT2D eigenvalue weighted by molar-refractivity contribution is -0.155. The summed E-state index contributed by atoms with van der Waals surface area (Å²) in [7, 11) is 0. The summed E-state index contributed by atoms with van der Waals surface area (Å²) < 4.78 is 5.06. The van der Waals surface area contributed by atoms with Gasteiger partial charge in [0.1, 0.15) is 12.1 Å². The summed E-state index contributed by atoms with van der Waals surface area (Å²) in [5, 5.41) is 5.68. The molecule has 2 atom stereocenters. The standard InChI is InChI=1S/C18H20ClN3O5/c1-10(15(24)20-13-5-3-4-12(19)8-13)27-14(23)9-22-16(25)18(2,11-6-7-11)21-17(22)26/h3-5,8,10-11H,6-7,9H2,1-2H3,(H,20,24)(H,21,26)/t10-,18+/m0/s1. The molecule has 0 unspecified atom stereocenters. The number of nitrogens with zero attached hydrogens (tertiary/aromatic N) is 1. The van der Waals surface area contributed by atoms with E-state index < -0.39 is 42.0 Å². The average Bonchev–Trinajstić information content (AvgIpc) is 3.41. The second kappa shape index (κ2) is 7.19. The van der Waals surface area contributed by atoms with E-state index >= 15 is 0 Å². The number of hydrogen-bond donors (Lipinski definition) is 2. The van der Waals surface area contributed by atoms with Gasteiger partial charge in [-0.25, -0.2) is 4.79 Å². The fourth-order valence-corrected chi connectivity index (χ4v) is 3.21. The van der Waals surface area contributed by atoms with Crippen molar-refractivity contribution in [2.24, 2.45) is 5.92 Å². The minimum absolute atomic E-state index is 0.0948. The van der Waals surface area contributed by atoms with Crippen LogP contribution < -0.4 is 10.6 Å². The molecule has 27 heavy (non-hydrogen) atoms. The molecular formula is C18H20ClN3O5. The zero-order valence-electron chi connectivity index (χ0n) is 15.0. The Hall–Kier alpha value is -2.61. The molecule has 2 N–H and O–H groups in total. The molecule has 8 nitrogen and oxygen atoms in total. The van der Waals surface area contributed by atoms with Gasteiger partial charge in [-0.05, 0) is 50.8 Å². The third-order valence-electron chi connectivity index (χ3n) is 4.75. The maximum absolute atomic E-state index is 12.5. The van der Waals surface area contributed by atoms with Gasteiger partial charge in [-0.2, -0.15) is 0 Å². The first-order chi connectivity index (χ1) is 12.7. The molecule has 1 heterocycles. The Morgan fingerprint density at radius 3 is 2.74 bits per heavy atom. The van der Waals surface area contributed by atoms with Crippen molar-refractivity contribution in [1.82, 2.24) is 10.2 Å². The molecule has 144 valence electrons. The highest BCUT2D eigenvalue weighted by atomic mass is 35.5. The van der Waals surface area contributed by atoms with Gasteiger partial charge in [0.05, 0.1) is 0 Å². The first-order valence-electron chi connectivity index (χ1n) is 8.60. The SMILES string of the molecule is C[C@H](OC(=O)CN1C(=O)N[C@](C)(C2CC2)C1=O)C(=O)Nc1cccc(Cl)c1. The van der Waals surface area contributed by atoms with Crippen LogP contribution in [0.25, 0.3) is 0 Å². The number of esters is 1. The number of hydrogen-bond acceptors (Lipinski definition) is 5. The molecule has 1 aromatic carbocycles. The van der Waals surface area contributed by atoms with Crippen LogP contribution in [0.5, 0.6) is 0 Å². The Balaban J connectivity index is 1.54. The van der Waals surface area contributed by atoms with E-state index in [1.807, 2.05) is 0 Å². The second-order valence-electron chi connectivity index (χ2n) is 6.93. The Bertz CT molecular complexity index is 810. The third kappa shape index (κ3) is 4.05. The molecule has 9 heteroatoms. The lowest BCUT2D eigenvalue weighted by atomic mass is 9.96. The fraction of sp³-hybridized carbons (Fsp3) is 0.444. The van der Waals surface area contributed by atoms with Crippen molar-refractivity contribution in [2.75, 3.05) is 11.9 Å². The smallest absolute Gasteiger partial charge is 0.327 e. The van der Waals surface area contributed by atoms with Gasteiger partial charge in [0.2, 0.25) is 0 Å². The van der Waals surface area contributed by atoms with E-state index in [4.69, 9.17) is 16.3 Å². The van der Waals surface area contributed by atoms with E-state index in [0.717, 1.165) is 17.7 Å². The predicted molar refractivity (Wildman–Crippen MR) is 97.0 cm³/mol. The predicted octanol–water partition coefficient (Wildman–Crippen LogP) is 1.93. The highest BCUT2D eigenvalue weighted by Gasteiger charge is 2.56. The van der Waals surface area contributed by atoms with Gasteiger partial charge in [-0.15, -0.1) is 0 Å². The number of anilines is 1. The summed E-state index contributed by atoms with van der Waals surface area (Å²) in [6.45, 7) is 2.52. The molecule has 0 bridgehead atoms. The summed E-state index contributed by atoms with van der Waals surface area (Å²) in [5.41, 5.74) is -0.503. The van der Waals surface area contributed by atoms with Crippen LogP contribution in [0.4, 0.5) is 10.5 Å². The lowest BCUT2D eigenvalue weighted by Crippen LogP contribution is -2.46. The number of carbonyl (C=O) groups excluding carboxylic acids is 4. The summed E-state index contributed by atoms with van der Waals surface area (Å²) >= 11 is 5.85. The summed E-state index contributed by atoms with van der Waals surface area (Å²) in [6.07, 6.45) is 0.621. The van der Waals surface area contributed by atoms with Crippen LogP contribution in [-0.4, -0.2) is 46.9 Å². The van der Waals surface area contributed by atoms with Crippen LogP contribution in [-0.2, 0) is 19.1 Å². The number of rotatable bonds is 6. The largest absolute Gasteiger partial charge is 0.451 e. The lowest BCUT2D eigenvalue weighted by Gasteiger charge is -2.21. The maximum atomic E-state index is 12.5. The first-order valence-corrected chi connectivity index (χ1v) is 8.98. The molecule has 4 amide bonds. The minimum Gasteiger partial charge on any atom is -0.451 e. The Labute approximate surface area is 161 Å². The monoisotopic (exact) mass is 393 g/mol. The molecule has 1 saturated heterocycles. The fourth-order valence-electron chi connectivity index (χ4n) is 3.02. The number of ether oxygens (including phenoxy) is 1. The topological polar surface area (TPSA) is 105 Å². The number of benzene rings is 1. The highest BCUT2D eigenvalue weighted by Crippen LogP contribution is 2.42. The maximum Gasteiger partial charge on any atom is 0.327 e. The van der Waals surface area contributed by atoms with E-state index in [-0.39, 0.29) is 5.92 Å². The van der Waals surface area contributed by atoms with Crippen molar-refractivity contribution in [3.8, 4) is 0 Å². The second-order valence-corrected chi connectivity index (χ2v) is 7.37. The number of nitrogens with one attached hydrogen (secondary N) is 2. The third-order valence-corrected chi connectivity index (χ3v) is 4.99. The molecule has 3 rings (SSSR count). The molecule has 1 aromatic rings. The Morgan fingerprint density at radius 1 is 1.41 bits per heavy atom. The molecule has 1 saturated carbocycles. The van der Waals surface area contributed by atoms with Gasteiger partial charge in [0.15, 0.2) is 6.10 Å². The van der Waals surface area contributed by atoms with Crippen LogP contribution >= 0.6 is 11.6 Å². The number of urea groups is 1. The number of amides is 4. The first kappa shape index (κ1) is 19.2. The summed E-state index contributed by atoms with van der Waals surface area (Å²) in [4.78, 5) is 49.6. The van der Waals surface area contributed by atoms with Crippen molar-refractivity contribution in [3.63, 3.8) is 0 Å². The quantitative estimate of drug-likeness (QED) is 0.567. The van der Waals surface area contributed by atoms with E-state index in [9.17, 15) is 19.2 Å². The van der Waals surface area contributed by atoms with E-state index in [1.54, 1.807) is 31.2 Å². The molecule has 0 spiro atoms. The summed E-state index contributed by atoms with van der Waals surface area (Å²) in [5.74, 6) is -1.74. The Morgan fingerprint density at radius 2 is 2.11 bits per heavy atom. The zero-order chi connectivity index (χ0) is 19.8. The van der Waals surface area contributed by atoms with Gasteiger partial charge in [0, 0.05) is 10.7 Å². The number of imide groups is 1. The van der Waals surface area contributed by atoms with Crippen LogP contribution in [0.2, 0.25) is 5.02 Å². The molecule has 2 aliphatic rings. The van der Waals surface area contributed by atoms with Crippen molar-refractivity contribution < 1.29 is 23.9 Å². The van der Waals surface area contributed by atoms with E-state index in [0.29, 0.717) is 10.7 Å².